The molecule has 0 unspecified atom stereocenters. The Labute approximate surface area is 191 Å². The quantitative estimate of drug-likeness (QED) is 0.620. The van der Waals surface area contributed by atoms with E-state index in [0.29, 0.717) is 0 Å². The van der Waals surface area contributed by atoms with E-state index < -0.39 is 0 Å². The van der Waals surface area contributed by atoms with Crippen molar-refractivity contribution in [1.82, 2.24) is 15.2 Å². The van der Waals surface area contributed by atoms with Gasteiger partial charge in [-0.2, -0.15) is 0 Å². The highest BCUT2D eigenvalue weighted by atomic mass is 32.1. The molecule has 2 fully saturated rings. The normalized spacial score (nSPS) is 21.0. The van der Waals surface area contributed by atoms with Gasteiger partial charge in [0.1, 0.15) is 0 Å². The lowest BCUT2D eigenvalue weighted by molar-refractivity contribution is -0.125. The van der Waals surface area contributed by atoms with E-state index in [0.717, 1.165) is 62.1 Å². The van der Waals surface area contributed by atoms with E-state index >= 15 is 0 Å². The molecule has 4 rings (SSSR count). The number of amides is 1. The number of aryl methyl sites for hydroxylation is 2. The van der Waals surface area contributed by atoms with Gasteiger partial charge in [0.2, 0.25) is 5.91 Å². The van der Waals surface area contributed by atoms with E-state index in [2.05, 4.69) is 48.0 Å². The van der Waals surface area contributed by atoms with Crippen molar-refractivity contribution >= 4 is 32.6 Å². The first-order valence-electron chi connectivity index (χ1n) is 12.2. The first kappa shape index (κ1) is 22.5. The van der Waals surface area contributed by atoms with Gasteiger partial charge in [0.25, 0.3) is 0 Å². The zero-order valence-electron chi connectivity index (χ0n) is 19.5. The molecule has 0 spiro atoms. The molecule has 1 aromatic heterocycles. The number of rotatable bonds is 7. The lowest BCUT2D eigenvalue weighted by Crippen LogP contribution is -2.42. The minimum Gasteiger partial charge on any atom is -0.356 e. The number of nitrogens with one attached hydrogen (secondary N) is 1. The number of likely N-dealkylation sites (tertiary alicyclic amines) is 1. The Morgan fingerprint density at radius 2 is 1.97 bits per heavy atom. The Balaban J connectivity index is 1.21. The van der Waals surface area contributed by atoms with Crippen molar-refractivity contribution in [2.24, 2.45) is 5.92 Å². The van der Waals surface area contributed by atoms with Gasteiger partial charge in [-0.3, -0.25) is 4.79 Å². The van der Waals surface area contributed by atoms with Crippen LogP contribution in [0.2, 0.25) is 0 Å². The summed E-state index contributed by atoms with van der Waals surface area (Å²) in [5, 5.41) is 4.32. The summed E-state index contributed by atoms with van der Waals surface area (Å²) in [4.78, 5) is 22.6. The molecule has 2 saturated heterocycles. The monoisotopic (exact) mass is 442 g/mol. The first-order chi connectivity index (χ1) is 15.0. The van der Waals surface area contributed by atoms with Gasteiger partial charge in [-0.15, -0.1) is 0 Å². The zero-order valence-corrected chi connectivity index (χ0v) is 20.3. The molecule has 6 heteroatoms. The molecule has 0 bridgehead atoms. The summed E-state index contributed by atoms with van der Waals surface area (Å²) < 4.78 is 1.27. The van der Waals surface area contributed by atoms with Gasteiger partial charge in [0, 0.05) is 38.1 Å². The van der Waals surface area contributed by atoms with Crippen LogP contribution in [0.25, 0.3) is 10.2 Å². The molecule has 0 aliphatic carbocycles. The van der Waals surface area contributed by atoms with E-state index in [1.54, 1.807) is 11.3 Å². The molecular weight excluding hydrogens is 404 g/mol. The summed E-state index contributed by atoms with van der Waals surface area (Å²) in [5.41, 5.74) is 3.67. The van der Waals surface area contributed by atoms with Gasteiger partial charge >= 0.3 is 0 Å². The number of aromatic nitrogens is 1. The summed E-state index contributed by atoms with van der Waals surface area (Å²) in [5.74, 6) is 0.397. The molecule has 3 heterocycles. The van der Waals surface area contributed by atoms with Gasteiger partial charge in [-0.25, -0.2) is 4.98 Å². The molecule has 1 aromatic carbocycles. The molecule has 0 saturated carbocycles. The molecule has 170 valence electrons. The molecule has 1 amide bonds. The standard InChI is InChI=1S/C25H38N4OS/c1-4-21-8-5-6-12-28(21)13-7-11-26-24(30)20-9-14-29(15-10-20)25-27-23-19(3)16-18(2)17-22(23)31-25/h16-17,20-21H,4-15H2,1-3H3,(H,26,30)/t21-/m0/s1. The van der Waals surface area contributed by atoms with Crippen molar-refractivity contribution in [3.05, 3.63) is 23.3 Å². The smallest absolute Gasteiger partial charge is 0.223 e. The van der Waals surface area contributed by atoms with E-state index in [4.69, 9.17) is 4.98 Å². The van der Waals surface area contributed by atoms with Gasteiger partial charge < -0.3 is 15.1 Å². The van der Waals surface area contributed by atoms with E-state index in [1.165, 1.54) is 48.1 Å². The highest BCUT2D eigenvalue weighted by molar-refractivity contribution is 7.22. The van der Waals surface area contributed by atoms with Gasteiger partial charge in [-0.1, -0.05) is 30.7 Å². The number of benzene rings is 1. The first-order valence-corrected chi connectivity index (χ1v) is 13.0. The Morgan fingerprint density at radius 3 is 2.74 bits per heavy atom. The second kappa shape index (κ2) is 10.3. The fourth-order valence-corrected chi connectivity index (χ4v) is 6.48. The van der Waals surface area contributed by atoms with Crippen molar-refractivity contribution < 1.29 is 4.79 Å². The van der Waals surface area contributed by atoms with Crippen LogP contribution < -0.4 is 10.2 Å². The molecule has 1 atom stereocenters. The Bertz CT molecular complexity index is 887. The van der Waals surface area contributed by atoms with Crippen LogP contribution in [-0.2, 0) is 4.79 Å². The minimum absolute atomic E-state index is 0.146. The summed E-state index contributed by atoms with van der Waals surface area (Å²) in [6.07, 6.45) is 8.20. The molecule has 2 aliphatic heterocycles. The number of thiazole rings is 1. The van der Waals surface area contributed by atoms with Crippen molar-refractivity contribution in [2.75, 3.05) is 37.6 Å². The number of fused-ring (bicyclic) bond motifs is 1. The van der Waals surface area contributed by atoms with Crippen LogP contribution in [0, 0.1) is 19.8 Å². The van der Waals surface area contributed by atoms with Gasteiger partial charge in [-0.05, 0) is 76.1 Å². The van der Waals surface area contributed by atoms with E-state index in [-0.39, 0.29) is 11.8 Å². The zero-order chi connectivity index (χ0) is 21.8. The molecule has 1 N–H and O–H groups in total. The highest BCUT2D eigenvalue weighted by Gasteiger charge is 2.26. The number of carbonyl (C=O) groups is 1. The second-order valence-corrected chi connectivity index (χ2v) is 10.4. The summed E-state index contributed by atoms with van der Waals surface area (Å²) in [6, 6.07) is 5.19. The van der Waals surface area contributed by atoms with Gasteiger partial charge in [0.05, 0.1) is 10.2 Å². The fraction of sp³-hybridized carbons (Fsp3) is 0.680. The van der Waals surface area contributed by atoms with Crippen LogP contribution in [0.1, 0.15) is 63.0 Å². The third-order valence-electron chi connectivity index (χ3n) is 7.10. The maximum absolute atomic E-state index is 12.7. The number of hydrogen-bond donors (Lipinski definition) is 1. The largest absolute Gasteiger partial charge is 0.356 e. The summed E-state index contributed by atoms with van der Waals surface area (Å²) >= 11 is 1.78. The Hall–Kier alpha value is -1.66. The van der Waals surface area contributed by atoms with Crippen LogP contribution in [0.5, 0.6) is 0 Å². The van der Waals surface area contributed by atoms with E-state index in [1.807, 2.05) is 0 Å². The number of anilines is 1. The molecular formula is C25H38N4OS. The minimum atomic E-state index is 0.146. The lowest BCUT2D eigenvalue weighted by atomic mass is 9.96. The predicted octanol–water partition coefficient (Wildman–Crippen LogP) is 4.90. The van der Waals surface area contributed by atoms with Crippen molar-refractivity contribution in [3.8, 4) is 0 Å². The maximum Gasteiger partial charge on any atom is 0.223 e. The van der Waals surface area contributed by atoms with Crippen molar-refractivity contribution in [3.63, 3.8) is 0 Å². The van der Waals surface area contributed by atoms with Crippen LogP contribution in [0.4, 0.5) is 5.13 Å². The maximum atomic E-state index is 12.7. The van der Waals surface area contributed by atoms with Gasteiger partial charge in [0.15, 0.2) is 5.13 Å². The average Bonchev–Trinajstić information content (AvgIpc) is 3.21. The number of carbonyl (C=O) groups excluding carboxylic acids is 1. The number of hydrogen-bond acceptors (Lipinski definition) is 5. The Kier molecular flexibility index (Phi) is 7.49. The molecule has 0 radical (unpaired) electrons. The Morgan fingerprint density at radius 1 is 1.16 bits per heavy atom. The van der Waals surface area contributed by atoms with Crippen molar-refractivity contribution in [2.45, 2.75) is 71.8 Å². The fourth-order valence-electron chi connectivity index (χ4n) is 5.28. The average molecular weight is 443 g/mol. The second-order valence-electron chi connectivity index (χ2n) is 9.42. The predicted molar refractivity (Wildman–Crippen MR) is 131 cm³/mol. The van der Waals surface area contributed by atoms with Crippen molar-refractivity contribution in [1.29, 1.82) is 0 Å². The van der Waals surface area contributed by atoms with Crippen LogP contribution in [0.3, 0.4) is 0 Å². The van der Waals surface area contributed by atoms with Crippen LogP contribution in [0.15, 0.2) is 12.1 Å². The number of nitrogens with zero attached hydrogens (tertiary/aromatic N) is 3. The van der Waals surface area contributed by atoms with Crippen LogP contribution >= 0.6 is 11.3 Å². The SMILES string of the molecule is CC[C@H]1CCCCN1CCCNC(=O)C1CCN(c2nc3c(C)cc(C)cc3s2)CC1. The molecule has 5 nitrogen and oxygen atoms in total. The third kappa shape index (κ3) is 5.40. The summed E-state index contributed by atoms with van der Waals surface area (Å²) in [7, 11) is 0. The number of piperidine rings is 2. The summed E-state index contributed by atoms with van der Waals surface area (Å²) in [6.45, 7) is 11.6. The van der Waals surface area contributed by atoms with E-state index in [9.17, 15) is 4.79 Å². The third-order valence-corrected chi connectivity index (χ3v) is 8.16. The lowest BCUT2D eigenvalue weighted by Gasteiger charge is -2.35. The highest BCUT2D eigenvalue weighted by Crippen LogP contribution is 2.33. The van der Waals surface area contributed by atoms with Crippen LogP contribution in [-0.4, -0.2) is 54.6 Å². The topological polar surface area (TPSA) is 48.5 Å². The molecule has 2 aliphatic rings. The molecule has 31 heavy (non-hydrogen) atoms. The molecule has 2 aromatic rings.